The third kappa shape index (κ3) is 23.8. The number of nitrogens with two attached hydrogens (primary N) is 1. The lowest BCUT2D eigenvalue weighted by molar-refractivity contribution is -0.126. The van der Waals surface area contributed by atoms with E-state index in [1.807, 2.05) is 4.90 Å². The molecule has 0 aliphatic rings. The molecule has 34 heavy (non-hydrogen) atoms. The second-order valence-electron chi connectivity index (χ2n) is 10.1. The molecule has 0 aromatic carbocycles. The van der Waals surface area contributed by atoms with E-state index in [0.29, 0.717) is 0 Å². The van der Waals surface area contributed by atoms with Gasteiger partial charge in [0.05, 0.1) is 0 Å². The highest BCUT2D eigenvalue weighted by atomic mass is 16.2. The van der Waals surface area contributed by atoms with Crippen LogP contribution in [0.2, 0.25) is 0 Å². The van der Waals surface area contributed by atoms with Gasteiger partial charge in [-0.25, -0.2) is 0 Å². The fourth-order valence-electron chi connectivity index (χ4n) is 4.52. The zero-order valence-electron chi connectivity index (χ0n) is 23.0. The maximum atomic E-state index is 12.5. The molecule has 0 unspecified atom stereocenters. The van der Waals surface area contributed by atoms with Crippen molar-refractivity contribution >= 4 is 11.8 Å². The van der Waals surface area contributed by atoms with Crippen molar-refractivity contribution in [1.29, 1.82) is 0 Å². The van der Waals surface area contributed by atoms with Crippen LogP contribution in [-0.4, -0.2) is 29.8 Å². The Kier molecular flexibility index (Phi) is 25.3. The molecule has 0 saturated carbocycles. The highest BCUT2D eigenvalue weighted by Gasteiger charge is 2.10. The summed E-state index contributed by atoms with van der Waals surface area (Å²) in [5.41, 5.74) is 5.17. The highest BCUT2D eigenvalue weighted by Crippen LogP contribution is 2.13. The minimum atomic E-state index is -0.558. The third-order valence-corrected chi connectivity index (χ3v) is 6.77. The molecule has 200 valence electrons. The van der Waals surface area contributed by atoms with Gasteiger partial charge in [-0.3, -0.25) is 9.59 Å². The number of nitrogens with zero attached hydrogens (tertiary/aromatic N) is 1. The average Bonchev–Trinajstić information content (AvgIpc) is 2.83. The Hall–Kier alpha value is -1.32. The molecule has 0 heterocycles. The summed E-state index contributed by atoms with van der Waals surface area (Å²) in [6.07, 6.45) is 31.3. The molecule has 2 N–H and O–H groups in total. The van der Waals surface area contributed by atoms with Crippen molar-refractivity contribution in [2.24, 2.45) is 5.73 Å². The topological polar surface area (TPSA) is 63.4 Å². The Morgan fingerprint density at radius 2 is 0.794 bits per heavy atom. The van der Waals surface area contributed by atoms with Crippen LogP contribution < -0.4 is 5.73 Å². The molecular formula is C30H58N2O2. The maximum absolute atomic E-state index is 12.5. The number of amides is 2. The van der Waals surface area contributed by atoms with Crippen molar-refractivity contribution in [3.63, 3.8) is 0 Å². The van der Waals surface area contributed by atoms with Crippen molar-refractivity contribution in [1.82, 2.24) is 4.90 Å². The highest BCUT2D eigenvalue weighted by molar-refractivity contribution is 5.95. The Morgan fingerprint density at radius 3 is 1.09 bits per heavy atom. The van der Waals surface area contributed by atoms with Gasteiger partial charge in [-0.05, 0) is 12.8 Å². The first-order valence-electron chi connectivity index (χ1n) is 14.9. The number of rotatable bonds is 26. The molecule has 0 bridgehead atoms. The van der Waals surface area contributed by atoms with Crippen LogP contribution in [0.25, 0.3) is 0 Å². The van der Waals surface area contributed by atoms with Crippen molar-refractivity contribution in [3.05, 3.63) is 12.2 Å². The van der Waals surface area contributed by atoms with Gasteiger partial charge in [-0.1, -0.05) is 142 Å². The summed E-state index contributed by atoms with van der Waals surface area (Å²) in [4.78, 5) is 25.4. The van der Waals surface area contributed by atoms with Crippen LogP contribution in [0.5, 0.6) is 0 Å². The smallest absolute Gasteiger partial charge is 0.246 e. The third-order valence-electron chi connectivity index (χ3n) is 6.77. The predicted molar refractivity (Wildman–Crippen MR) is 148 cm³/mol. The molecule has 0 aliphatic heterocycles. The molecule has 0 saturated heterocycles. The molecule has 0 radical (unpaired) electrons. The van der Waals surface area contributed by atoms with Crippen molar-refractivity contribution in [2.45, 2.75) is 155 Å². The van der Waals surface area contributed by atoms with Crippen molar-refractivity contribution in [3.8, 4) is 0 Å². The SMILES string of the molecule is CCCCCCCCCCCCCN(CCCCCCCCCCCCC)C(=O)/C=C\C(N)=O. The molecule has 4 heteroatoms. The van der Waals surface area contributed by atoms with E-state index in [4.69, 9.17) is 5.73 Å². The molecular weight excluding hydrogens is 420 g/mol. The molecule has 0 rings (SSSR count). The van der Waals surface area contributed by atoms with Crippen LogP contribution in [0, 0.1) is 0 Å². The van der Waals surface area contributed by atoms with E-state index in [-0.39, 0.29) is 5.91 Å². The van der Waals surface area contributed by atoms with E-state index >= 15 is 0 Å². The Morgan fingerprint density at radius 1 is 0.500 bits per heavy atom. The summed E-state index contributed by atoms with van der Waals surface area (Å²) in [7, 11) is 0. The number of primary amides is 1. The van der Waals surface area contributed by atoms with Gasteiger partial charge in [-0.2, -0.15) is 0 Å². The van der Waals surface area contributed by atoms with Crippen LogP contribution in [0.15, 0.2) is 12.2 Å². The van der Waals surface area contributed by atoms with Gasteiger partial charge in [-0.15, -0.1) is 0 Å². The average molecular weight is 479 g/mol. The molecule has 2 amide bonds. The number of carbonyl (C=O) groups excluding carboxylic acids is 2. The normalized spacial score (nSPS) is 11.4. The molecule has 0 spiro atoms. The predicted octanol–water partition coefficient (Wildman–Crippen LogP) is 8.48. The van der Waals surface area contributed by atoms with Crippen LogP contribution in [0.4, 0.5) is 0 Å². The summed E-state index contributed by atoms with van der Waals surface area (Å²) < 4.78 is 0. The largest absolute Gasteiger partial charge is 0.366 e. The van der Waals surface area contributed by atoms with Gasteiger partial charge in [0, 0.05) is 25.2 Å². The van der Waals surface area contributed by atoms with E-state index in [1.165, 1.54) is 141 Å². The molecule has 0 atom stereocenters. The monoisotopic (exact) mass is 478 g/mol. The fraction of sp³-hybridized carbons (Fsp3) is 0.867. The Balaban J connectivity index is 3.93. The lowest BCUT2D eigenvalue weighted by atomic mass is 10.1. The molecule has 0 aromatic rings. The first-order chi connectivity index (χ1) is 16.6. The second kappa shape index (κ2) is 26.3. The Bertz CT molecular complexity index is 464. The van der Waals surface area contributed by atoms with Gasteiger partial charge < -0.3 is 10.6 Å². The molecule has 0 fully saturated rings. The van der Waals surface area contributed by atoms with Crippen molar-refractivity contribution in [2.75, 3.05) is 13.1 Å². The van der Waals surface area contributed by atoms with Crippen molar-refractivity contribution < 1.29 is 9.59 Å². The number of unbranched alkanes of at least 4 members (excludes halogenated alkanes) is 20. The maximum Gasteiger partial charge on any atom is 0.246 e. The van der Waals surface area contributed by atoms with Gasteiger partial charge >= 0.3 is 0 Å². The molecule has 0 aromatic heterocycles. The summed E-state index contributed by atoms with van der Waals surface area (Å²) >= 11 is 0. The summed E-state index contributed by atoms with van der Waals surface area (Å²) in [6.45, 7) is 6.11. The summed E-state index contributed by atoms with van der Waals surface area (Å²) in [5, 5.41) is 0. The molecule has 4 nitrogen and oxygen atoms in total. The van der Waals surface area contributed by atoms with Gasteiger partial charge in [0.1, 0.15) is 0 Å². The lowest BCUT2D eigenvalue weighted by Gasteiger charge is -2.21. The number of carbonyl (C=O) groups is 2. The standard InChI is InChI=1S/C30H58N2O2/c1-3-5-7-9-11-13-15-17-19-21-23-27-32(30(34)26-25-29(31)33)28-24-22-20-18-16-14-12-10-8-6-4-2/h25-26H,3-24,27-28H2,1-2H3,(H2,31,33)/b26-25-. The van der Waals surface area contributed by atoms with Crippen LogP contribution in [0.1, 0.15) is 155 Å². The lowest BCUT2D eigenvalue weighted by Crippen LogP contribution is -2.32. The Labute approximate surface area is 212 Å². The van der Waals surface area contributed by atoms with Crippen LogP contribution >= 0.6 is 0 Å². The van der Waals surface area contributed by atoms with E-state index in [0.717, 1.165) is 25.9 Å². The van der Waals surface area contributed by atoms with E-state index < -0.39 is 5.91 Å². The summed E-state index contributed by atoms with van der Waals surface area (Å²) in [5.74, 6) is -0.629. The zero-order chi connectivity index (χ0) is 25.1. The molecule has 0 aliphatic carbocycles. The summed E-state index contributed by atoms with van der Waals surface area (Å²) in [6, 6.07) is 0. The fourth-order valence-corrected chi connectivity index (χ4v) is 4.52. The van der Waals surface area contributed by atoms with Gasteiger partial charge in [0.2, 0.25) is 11.8 Å². The quantitative estimate of drug-likeness (QED) is 0.100. The minimum absolute atomic E-state index is 0.0713. The van der Waals surface area contributed by atoms with Gasteiger partial charge in [0.15, 0.2) is 0 Å². The minimum Gasteiger partial charge on any atom is -0.366 e. The first kappa shape index (κ1) is 32.7. The van der Waals surface area contributed by atoms with Gasteiger partial charge in [0.25, 0.3) is 0 Å². The van der Waals surface area contributed by atoms with E-state index in [1.54, 1.807) is 0 Å². The zero-order valence-corrected chi connectivity index (χ0v) is 23.0. The van der Waals surface area contributed by atoms with Crippen LogP contribution in [-0.2, 0) is 9.59 Å². The van der Waals surface area contributed by atoms with Crippen LogP contribution in [0.3, 0.4) is 0 Å². The number of hydrogen-bond acceptors (Lipinski definition) is 2. The van der Waals surface area contributed by atoms with E-state index in [9.17, 15) is 9.59 Å². The first-order valence-corrected chi connectivity index (χ1v) is 14.9. The number of hydrogen-bond donors (Lipinski definition) is 1. The van der Waals surface area contributed by atoms with E-state index in [2.05, 4.69) is 13.8 Å². The second-order valence-corrected chi connectivity index (χ2v) is 10.1.